The summed E-state index contributed by atoms with van der Waals surface area (Å²) >= 11 is 0. The maximum Gasteiger partial charge on any atom is 0.127 e. The summed E-state index contributed by atoms with van der Waals surface area (Å²) in [5, 5.41) is 0. The van der Waals surface area contributed by atoms with Gasteiger partial charge < -0.3 is 9.47 Å². The van der Waals surface area contributed by atoms with E-state index < -0.39 is 0 Å². The van der Waals surface area contributed by atoms with Gasteiger partial charge in [-0.05, 0) is 66.1 Å². The van der Waals surface area contributed by atoms with E-state index in [9.17, 15) is 0 Å². The van der Waals surface area contributed by atoms with Crippen molar-refractivity contribution in [2.75, 3.05) is 0 Å². The van der Waals surface area contributed by atoms with Crippen LogP contribution in [0.25, 0.3) is 0 Å². The predicted octanol–water partition coefficient (Wildman–Crippen LogP) is 7.63. The van der Waals surface area contributed by atoms with E-state index in [2.05, 4.69) is 31.2 Å². The van der Waals surface area contributed by atoms with Gasteiger partial charge in [-0.2, -0.15) is 0 Å². The smallest absolute Gasteiger partial charge is 0.127 e. The van der Waals surface area contributed by atoms with Gasteiger partial charge in [0.25, 0.3) is 0 Å². The molecule has 0 unspecified atom stereocenters. The zero-order valence-electron chi connectivity index (χ0n) is 16.2. The zero-order chi connectivity index (χ0) is 19.9. The van der Waals surface area contributed by atoms with Crippen molar-refractivity contribution in [2.45, 2.75) is 12.3 Å². The molecule has 0 spiro atoms. The Morgan fingerprint density at radius 2 is 0.828 bits per heavy atom. The van der Waals surface area contributed by atoms with Gasteiger partial charge in [0.1, 0.15) is 23.0 Å². The van der Waals surface area contributed by atoms with E-state index in [-0.39, 0.29) is 5.92 Å². The van der Waals surface area contributed by atoms with Gasteiger partial charge in [0.15, 0.2) is 0 Å². The lowest BCUT2D eigenvalue weighted by Gasteiger charge is -2.17. The number of rotatable bonds is 7. The van der Waals surface area contributed by atoms with Gasteiger partial charge in [-0.3, -0.25) is 0 Å². The van der Waals surface area contributed by atoms with Gasteiger partial charge >= 0.3 is 0 Å². The average Bonchev–Trinajstić information content (AvgIpc) is 2.78. The van der Waals surface area contributed by atoms with Crippen LogP contribution in [0.3, 0.4) is 0 Å². The van der Waals surface area contributed by atoms with Crippen LogP contribution in [-0.2, 0) is 0 Å². The van der Waals surface area contributed by atoms with Crippen molar-refractivity contribution in [3.05, 3.63) is 127 Å². The Bertz CT molecular complexity index is 923. The number of ether oxygens (including phenoxy) is 2. The Balaban J connectivity index is 1.46. The first-order valence-corrected chi connectivity index (χ1v) is 9.77. The largest absolute Gasteiger partial charge is 0.457 e. The Labute approximate surface area is 172 Å². The van der Waals surface area contributed by atoms with Crippen LogP contribution >= 0.6 is 0 Å². The van der Waals surface area contributed by atoms with Crippen molar-refractivity contribution in [1.82, 2.24) is 0 Å². The van der Waals surface area contributed by atoms with E-state index in [0.29, 0.717) is 0 Å². The summed E-state index contributed by atoms with van der Waals surface area (Å²) in [5.41, 5.74) is 2.44. The molecule has 0 fully saturated rings. The third kappa shape index (κ3) is 4.85. The van der Waals surface area contributed by atoms with E-state index >= 15 is 0 Å². The first-order chi connectivity index (χ1) is 14.3. The highest BCUT2D eigenvalue weighted by Gasteiger charge is 2.13. The molecule has 29 heavy (non-hydrogen) atoms. The lowest BCUT2D eigenvalue weighted by Crippen LogP contribution is -2.00. The molecule has 0 aliphatic heterocycles. The predicted molar refractivity (Wildman–Crippen MR) is 118 cm³/mol. The molecule has 0 heterocycles. The summed E-state index contributed by atoms with van der Waals surface area (Å²) in [5.74, 6) is 3.56. The van der Waals surface area contributed by atoms with Gasteiger partial charge in [0.05, 0.1) is 0 Å². The van der Waals surface area contributed by atoms with Gasteiger partial charge in [-0.25, -0.2) is 0 Å². The molecule has 143 valence electrons. The third-order valence-electron chi connectivity index (χ3n) is 4.81. The molecule has 0 aliphatic carbocycles. The van der Waals surface area contributed by atoms with Crippen LogP contribution in [-0.4, -0.2) is 0 Å². The van der Waals surface area contributed by atoms with Crippen molar-refractivity contribution in [3.63, 3.8) is 0 Å². The fourth-order valence-corrected chi connectivity index (χ4v) is 3.31. The maximum atomic E-state index is 5.89. The molecule has 0 N–H and O–H groups in total. The minimum atomic E-state index is 0.228. The highest BCUT2D eigenvalue weighted by Crippen LogP contribution is 2.32. The highest BCUT2D eigenvalue weighted by molar-refractivity contribution is 5.40. The van der Waals surface area contributed by atoms with Gasteiger partial charge in [0, 0.05) is 5.92 Å². The fourth-order valence-electron chi connectivity index (χ4n) is 3.31. The summed E-state index contributed by atoms with van der Waals surface area (Å²) < 4.78 is 11.8. The molecular weight excluding hydrogens is 356 g/mol. The zero-order valence-corrected chi connectivity index (χ0v) is 16.2. The van der Waals surface area contributed by atoms with Crippen molar-refractivity contribution >= 4 is 0 Å². The van der Waals surface area contributed by atoms with Crippen molar-refractivity contribution < 1.29 is 9.47 Å². The lowest BCUT2D eigenvalue weighted by molar-refractivity contribution is 0.482. The maximum absolute atomic E-state index is 5.89. The molecule has 4 aromatic rings. The van der Waals surface area contributed by atoms with E-state index in [1.165, 1.54) is 11.1 Å². The summed E-state index contributed by atoms with van der Waals surface area (Å²) in [6.07, 6.45) is 0.776. The third-order valence-corrected chi connectivity index (χ3v) is 4.81. The average molecular weight is 379 g/mol. The molecule has 0 aliphatic rings. The van der Waals surface area contributed by atoms with Gasteiger partial charge in [-0.1, -0.05) is 67.6 Å². The molecule has 2 nitrogen and oxygen atoms in total. The van der Waals surface area contributed by atoms with Gasteiger partial charge in [0.2, 0.25) is 0 Å². The number of para-hydroxylation sites is 2. The lowest BCUT2D eigenvalue weighted by atomic mass is 9.89. The van der Waals surface area contributed by atoms with E-state index in [1.807, 2.05) is 84.9 Å². The Morgan fingerprint density at radius 1 is 0.483 bits per heavy atom. The Hall–Kier alpha value is -3.52. The SMILES string of the molecule is [CH2]CC(c1ccc(Oc2ccccc2)cc1)c1ccc(Oc2ccccc2)cc1. The molecule has 0 amide bonds. The monoisotopic (exact) mass is 379 g/mol. The van der Waals surface area contributed by atoms with Crippen molar-refractivity contribution in [1.29, 1.82) is 0 Å². The second-order valence-corrected chi connectivity index (χ2v) is 6.81. The molecule has 4 rings (SSSR count). The van der Waals surface area contributed by atoms with Gasteiger partial charge in [-0.15, -0.1) is 0 Å². The molecule has 4 aromatic carbocycles. The van der Waals surface area contributed by atoms with Crippen molar-refractivity contribution in [2.24, 2.45) is 0 Å². The molecular formula is C27H23O2. The first-order valence-electron chi connectivity index (χ1n) is 9.77. The molecule has 0 saturated carbocycles. The summed E-state index contributed by atoms with van der Waals surface area (Å²) in [6.45, 7) is 4.16. The van der Waals surface area contributed by atoms with Crippen LogP contribution in [0.2, 0.25) is 0 Å². The van der Waals surface area contributed by atoms with Crippen LogP contribution in [0.15, 0.2) is 109 Å². The standard InChI is InChI=1S/C27H23O2/c1-2-27(21-13-17-25(18-14-21)28-23-9-5-3-6-10-23)22-15-19-26(20-16-22)29-24-11-7-4-8-12-24/h3-20,27H,1-2H2. The van der Waals surface area contributed by atoms with E-state index in [0.717, 1.165) is 29.4 Å². The van der Waals surface area contributed by atoms with Crippen molar-refractivity contribution in [3.8, 4) is 23.0 Å². The van der Waals surface area contributed by atoms with E-state index in [4.69, 9.17) is 9.47 Å². The number of hydrogen-bond acceptors (Lipinski definition) is 2. The van der Waals surface area contributed by atoms with Crippen LogP contribution in [0.1, 0.15) is 23.5 Å². The summed E-state index contributed by atoms with van der Waals surface area (Å²) in [4.78, 5) is 0. The molecule has 2 heteroatoms. The number of hydrogen-bond donors (Lipinski definition) is 0. The quantitative estimate of drug-likeness (QED) is 0.329. The summed E-state index contributed by atoms with van der Waals surface area (Å²) in [7, 11) is 0. The topological polar surface area (TPSA) is 18.5 Å². The minimum absolute atomic E-state index is 0.228. The Kier molecular flexibility index (Phi) is 5.92. The Morgan fingerprint density at radius 3 is 1.17 bits per heavy atom. The molecule has 0 saturated heterocycles. The van der Waals surface area contributed by atoms with Crippen LogP contribution in [0.5, 0.6) is 23.0 Å². The second-order valence-electron chi connectivity index (χ2n) is 6.81. The highest BCUT2D eigenvalue weighted by atomic mass is 16.5. The molecule has 0 bridgehead atoms. The molecule has 1 radical (unpaired) electrons. The molecule has 0 aromatic heterocycles. The minimum Gasteiger partial charge on any atom is -0.457 e. The molecule has 0 atom stereocenters. The summed E-state index contributed by atoms with van der Waals surface area (Å²) in [6, 6.07) is 36.1. The second kappa shape index (κ2) is 9.11. The normalized spacial score (nSPS) is 10.7. The number of benzene rings is 4. The van der Waals surface area contributed by atoms with Crippen LogP contribution in [0.4, 0.5) is 0 Å². The van der Waals surface area contributed by atoms with Crippen LogP contribution < -0.4 is 9.47 Å². The van der Waals surface area contributed by atoms with Crippen LogP contribution in [0, 0.1) is 6.92 Å². The van der Waals surface area contributed by atoms with E-state index in [1.54, 1.807) is 0 Å². The fraction of sp³-hybridized carbons (Fsp3) is 0.0741. The first kappa shape index (κ1) is 18.8.